The summed E-state index contributed by atoms with van der Waals surface area (Å²) in [4.78, 5) is 2.05. The molecule has 1 N–H and O–H groups in total. The summed E-state index contributed by atoms with van der Waals surface area (Å²) in [7, 11) is 3.96. The molecule has 0 unspecified atom stereocenters. The van der Waals surface area contributed by atoms with Crippen LogP contribution in [0.2, 0.25) is 0 Å². The van der Waals surface area contributed by atoms with Gasteiger partial charge in [-0.15, -0.1) is 5.10 Å². The molecule has 0 aromatic carbocycles. The molecule has 0 amide bonds. The molecule has 6 nitrogen and oxygen atoms in total. The molecule has 0 aliphatic rings. The van der Waals surface area contributed by atoms with E-state index in [-0.39, 0.29) is 6.04 Å². The lowest BCUT2D eigenvalue weighted by atomic mass is 10.1. The van der Waals surface area contributed by atoms with Crippen molar-refractivity contribution in [1.29, 1.82) is 5.26 Å². The number of likely N-dealkylation sites (N-methyl/N-ethyl adjacent to an activating group) is 1. The summed E-state index contributed by atoms with van der Waals surface area (Å²) >= 11 is 0. The molecule has 0 spiro atoms. The van der Waals surface area contributed by atoms with Crippen molar-refractivity contribution in [2.75, 3.05) is 26.0 Å². The Bertz CT molecular complexity index is 643. The first-order chi connectivity index (χ1) is 10.0. The monoisotopic (exact) mass is 285 g/mol. The number of aromatic nitrogens is 2. The van der Waals surface area contributed by atoms with E-state index >= 15 is 0 Å². The van der Waals surface area contributed by atoms with Crippen LogP contribution in [-0.2, 0) is 0 Å². The zero-order valence-electron chi connectivity index (χ0n) is 12.7. The van der Waals surface area contributed by atoms with Crippen LogP contribution in [-0.4, -0.2) is 35.7 Å². The van der Waals surface area contributed by atoms with Crippen molar-refractivity contribution >= 4 is 5.82 Å². The van der Waals surface area contributed by atoms with Crippen LogP contribution in [0.4, 0.5) is 5.82 Å². The van der Waals surface area contributed by atoms with Gasteiger partial charge in [-0.25, -0.2) is 0 Å². The molecule has 0 fully saturated rings. The average Bonchev–Trinajstić information content (AvgIpc) is 2.96. The molecule has 0 saturated carbocycles. The number of aryl methyl sites for hydroxylation is 1. The fraction of sp³-hybridized carbons (Fsp3) is 0.400. The summed E-state index contributed by atoms with van der Waals surface area (Å²) in [5.74, 6) is 1.38. The maximum atomic E-state index is 9.30. The number of hydrogen-bond acceptors (Lipinski definition) is 6. The summed E-state index contributed by atoms with van der Waals surface area (Å²) in [6.07, 6.45) is 1.66. The molecule has 1 atom stereocenters. The van der Waals surface area contributed by atoms with Gasteiger partial charge in [-0.1, -0.05) is 0 Å². The van der Waals surface area contributed by atoms with E-state index in [1.165, 1.54) is 0 Å². The van der Waals surface area contributed by atoms with Crippen molar-refractivity contribution in [3.8, 4) is 6.07 Å². The highest BCUT2D eigenvalue weighted by atomic mass is 16.3. The van der Waals surface area contributed by atoms with Crippen LogP contribution >= 0.6 is 0 Å². The van der Waals surface area contributed by atoms with Crippen LogP contribution in [0.5, 0.6) is 0 Å². The minimum absolute atomic E-state index is 0.0509. The number of nitriles is 1. The predicted octanol–water partition coefficient (Wildman–Crippen LogP) is 2.27. The van der Waals surface area contributed by atoms with Gasteiger partial charge in [-0.05, 0) is 45.6 Å². The van der Waals surface area contributed by atoms with E-state index in [1.54, 1.807) is 6.26 Å². The molecule has 2 aromatic rings. The van der Waals surface area contributed by atoms with E-state index in [0.29, 0.717) is 17.9 Å². The third kappa shape index (κ3) is 3.20. The molecule has 0 bridgehead atoms. The third-order valence-corrected chi connectivity index (χ3v) is 3.52. The standard InChI is InChI=1S/C15H19N5O/c1-10-11(2)18-19-15(12(10)8-16)17-9-13(20(3)4)14-6-5-7-21-14/h5-7,13H,9H2,1-4H3,(H,17,19)/t13-/m0/s1. The Morgan fingerprint density at radius 1 is 1.38 bits per heavy atom. The molecular formula is C15H19N5O. The summed E-state index contributed by atoms with van der Waals surface area (Å²) in [6.45, 7) is 4.30. The van der Waals surface area contributed by atoms with Crippen LogP contribution in [0.1, 0.15) is 28.6 Å². The quantitative estimate of drug-likeness (QED) is 0.908. The summed E-state index contributed by atoms with van der Waals surface area (Å²) < 4.78 is 5.46. The van der Waals surface area contributed by atoms with Crippen LogP contribution < -0.4 is 5.32 Å². The van der Waals surface area contributed by atoms with Gasteiger partial charge in [-0.2, -0.15) is 10.4 Å². The van der Waals surface area contributed by atoms with Gasteiger partial charge >= 0.3 is 0 Å². The van der Waals surface area contributed by atoms with E-state index in [2.05, 4.69) is 21.6 Å². The van der Waals surface area contributed by atoms with Crippen LogP contribution in [0.25, 0.3) is 0 Å². The number of anilines is 1. The van der Waals surface area contributed by atoms with Crippen molar-refractivity contribution in [2.24, 2.45) is 0 Å². The van der Waals surface area contributed by atoms with Gasteiger partial charge in [0.25, 0.3) is 0 Å². The Morgan fingerprint density at radius 2 is 2.14 bits per heavy atom. The van der Waals surface area contributed by atoms with Crippen LogP contribution in [0.15, 0.2) is 22.8 Å². The number of nitrogens with zero attached hydrogens (tertiary/aromatic N) is 4. The summed E-state index contributed by atoms with van der Waals surface area (Å²) in [6, 6.07) is 6.04. The van der Waals surface area contributed by atoms with E-state index < -0.39 is 0 Å². The molecule has 0 saturated heterocycles. The molecule has 2 aromatic heterocycles. The maximum absolute atomic E-state index is 9.30. The van der Waals surface area contributed by atoms with Gasteiger partial charge in [0.15, 0.2) is 5.82 Å². The predicted molar refractivity (Wildman–Crippen MR) is 79.8 cm³/mol. The lowest BCUT2D eigenvalue weighted by Gasteiger charge is -2.23. The van der Waals surface area contributed by atoms with Gasteiger partial charge in [0, 0.05) is 6.54 Å². The van der Waals surface area contributed by atoms with Crippen molar-refractivity contribution in [3.63, 3.8) is 0 Å². The Balaban J connectivity index is 2.19. The highest BCUT2D eigenvalue weighted by molar-refractivity contribution is 5.55. The first-order valence-electron chi connectivity index (χ1n) is 6.72. The van der Waals surface area contributed by atoms with Crippen molar-refractivity contribution < 1.29 is 4.42 Å². The highest BCUT2D eigenvalue weighted by Crippen LogP contribution is 2.21. The largest absolute Gasteiger partial charge is 0.468 e. The van der Waals surface area contributed by atoms with Crippen molar-refractivity contribution in [3.05, 3.63) is 41.0 Å². The number of rotatable bonds is 5. The van der Waals surface area contributed by atoms with E-state index in [0.717, 1.165) is 17.0 Å². The van der Waals surface area contributed by atoms with Crippen LogP contribution in [0, 0.1) is 25.2 Å². The molecule has 110 valence electrons. The third-order valence-electron chi connectivity index (χ3n) is 3.52. The minimum Gasteiger partial charge on any atom is -0.468 e. The van der Waals surface area contributed by atoms with E-state index in [1.807, 2.05) is 45.0 Å². The maximum Gasteiger partial charge on any atom is 0.167 e. The smallest absolute Gasteiger partial charge is 0.167 e. The number of furan rings is 1. The van der Waals surface area contributed by atoms with E-state index in [9.17, 15) is 5.26 Å². The summed E-state index contributed by atoms with van der Waals surface area (Å²) in [5, 5.41) is 20.7. The minimum atomic E-state index is 0.0509. The Labute approximate surface area is 124 Å². The molecule has 21 heavy (non-hydrogen) atoms. The number of nitrogens with one attached hydrogen (secondary N) is 1. The SMILES string of the molecule is Cc1nnc(NC[C@@H](c2ccco2)N(C)C)c(C#N)c1C. The zero-order chi connectivity index (χ0) is 15.4. The van der Waals surface area contributed by atoms with Gasteiger partial charge < -0.3 is 9.73 Å². The summed E-state index contributed by atoms with van der Waals surface area (Å²) in [5.41, 5.74) is 2.17. The fourth-order valence-electron chi connectivity index (χ4n) is 2.08. The van der Waals surface area contributed by atoms with Gasteiger partial charge in [0.2, 0.25) is 0 Å². The average molecular weight is 285 g/mol. The van der Waals surface area contributed by atoms with Crippen LogP contribution in [0.3, 0.4) is 0 Å². The highest BCUT2D eigenvalue weighted by Gasteiger charge is 2.18. The van der Waals surface area contributed by atoms with Crippen molar-refractivity contribution in [2.45, 2.75) is 19.9 Å². The zero-order valence-corrected chi connectivity index (χ0v) is 12.7. The Hall–Kier alpha value is -2.39. The lowest BCUT2D eigenvalue weighted by molar-refractivity contribution is 0.269. The molecule has 0 aliphatic heterocycles. The topological polar surface area (TPSA) is 78.0 Å². The first kappa shape index (κ1) is 15.0. The number of hydrogen-bond donors (Lipinski definition) is 1. The normalized spacial score (nSPS) is 12.2. The van der Waals surface area contributed by atoms with E-state index in [4.69, 9.17) is 4.42 Å². The second kappa shape index (κ2) is 6.37. The van der Waals surface area contributed by atoms with Gasteiger partial charge in [-0.3, -0.25) is 4.90 Å². The van der Waals surface area contributed by atoms with Crippen molar-refractivity contribution in [1.82, 2.24) is 15.1 Å². The molecule has 2 heterocycles. The van der Waals surface area contributed by atoms with Gasteiger partial charge in [0.05, 0.1) is 18.0 Å². The fourth-order valence-corrected chi connectivity index (χ4v) is 2.08. The first-order valence-corrected chi connectivity index (χ1v) is 6.72. The molecular weight excluding hydrogens is 266 g/mol. The lowest BCUT2D eigenvalue weighted by Crippen LogP contribution is -2.27. The van der Waals surface area contributed by atoms with Gasteiger partial charge in [0.1, 0.15) is 17.4 Å². The molecule has 2 rings (SSSR count). The molecule has 6 heteroatoms. The second-order valence-corrected chi connectivity index (χ2v) is 5.12. The second-order valence-electron chi connectivity index (χ2n) is 5.12. The Kier molecular flexibility index (Phi) is 4.55. The Morgan fingerprint density at radius 3 is 2.71 bits per heavy atom. The molecule has 0 radical (unpaired) electrons. The molecule has 0 aliphatic carbocycles.